The molecule has 3 atom stereocenters. The van der Waals surface area contributed by atoms with Gasteiger partial charge in [-0.3, -0.25) is 0 Å². The number of hydrogen-bond donors (Lipinski definition) is 1. The van der Waals surface area contributed by atoms with Crippen molar-refractivity contribution in [1.82, 2.24) is 0 Å². The average molecular weight is 579 g/mol. The summed E-state index contributed by atoms with van der Waals surface area (Å²) in [6.07, 6.45) is 2.78. The number of rotatable bonds is 15. The lowest BCUT2D eigenvalue weighted by Gasteiger charge is -2.37. The van der Waals surface area contributed by atoms with Crippen molar-refractivity contribution in [1.29, 1.82) is 0 Å². The largest absolute Gasteiger partial charge is 0.493 e. The van der Waals surface area contributed by atoms with Crippen molar-refractivity contribution in [2.75, 3.05) is 39.6 Å². The standard InChI is InChI=1S/C37H38O6/c38-16-7-17-39-35-14-12-30(18-26(35)20-32-22-40-32)37(28-8-3-1-4-9-28,29-10-5-2-6-11-29)31-13-15-36(43-25-34-24-42-34)27(19-31)21-33-23-41-33/h1-6,8-15,18-19,32-34,38H,7,16-17,20-25H2. The number of epoxide rings is 3. The Labute approximate surface area is 253 Å². The molecule has 6 heteroatoms. The lowest BCUT2D eigenvalue weighted by molar-refractivity contribution is 0.232. The van der Waals surface area contributed by atoms with Crippen molar-refractivity contribution in [3.05, 3.63) is 130 Å². The zero-order chi connectivity index (χ0) is 29.1. The quantitative estimate of drug-likeness (QED) is 0.114. The second-order valence-corrected chi connectivity index (χ2v) is 11.6. The molecule has 3 heterocycles. The molecule has 3 aliphatic heterocycles. The number of hydrogen-bond acceptors (Lipinski definition) is 6. The van der Waals surface area contributed by atoms with Crippen LogP contribution in [0.5, 0.6) is 11.5 Å². The fourth-order valence-electron chi connectivity index (χ4n) is 6.06. The van der Waals surface area contributed by atoms with Gasteiger partial charge in [0.15, 0.2) is 0 Å². The van der Waals surface area contributed by atoms with Gasteiger partial charge in [0, 0.05) is 25.9 Å². The number of aliphatic hydroxyl groups is 1. The van der Waals surface area contributed by atoms with Crippen molar-refractivity contribution in [3.63, 3.8) is 0 Å². The SMILES string of the molecule is OCCCOc1ccc(C(c2ccccc2)(c2ccccc2)c2ccc(OCC3CO3)c(CC3CO3)c2)cc1CC1CO1. The first-order chi connectivity index (χ1) is 21.2. The van der Waals surface area contributed by atoms with Crippen LogP contribution in [-0.4, -0.2) is 63.1 Å². The zero-order valence-corrected chi connectivity index (χ0v) is 24.3. The van der Waals surface area contributed by atoms with Crippen LogP contribution in [0.4, 0.5) is 0 Å². The zero-order valence-electron chi connectivity index (χ0n) is 24.3. The highest BCUT2D eigenvalue weighted by molar-refractivity contribution is 5.62. The molecular formula is C37H38O6. The topological polar surface area (TPSA) is 76.3 Å². The Morgan fingerprint density at radius 3 is 1.56 bits per heavy atom. The summed E-state index contributed by atoms with van der Waals surface area (Å²) in [6, 6.07) is 34.7. The summed E-state index contributed by atoms with van der Waals surface area (Å²) in [5.41, 5.74) is 6.33. The van der Waals surface area contributed by atoms with E-state index in [1.807, 2.05) is 0 Å². The molecule has 3 aliphatic rings. The summed E-state index contributed by atoms with van der Waals surface area (Å²) in [6.45, 7) is 3.44. The lowest BCUT2D eigenvalue weighted by atomic mass is 9.64. The van der Waals surface area contributed by atoms with Gasteiger partial charge in [0.05, 0.1) is 44.1 Å². The van der Waals surface area contributed by atoms with Crippen molar-refractivity contribution in [2.45, 2.75) is 43.0 Å². The normalized spacial score (nSPS) is 20.4. The highest BCUT2D eigenvalue weighted by Crippen LogP contribution is 2.47. The van der Waals surface area contributed by atoms with Crippen LogP contribution in [0.3, 0.4) is 0 Å². The van der Waals surface area contributed by atoms with Crippen molar-refractivity contribution >= 4 is 0 Å². The Kier molecular flexibility index (Phi) is 8.18. The molecule has 6 nitrogen and oxygen atoms in total. The molecule has 4 aromatic carbocycles. The van der Waals surface area contributed by atoms with Gasteiger partial charge >= 0.3 is 0 Å². The highest BCUT2D eigenvalue weighted by Gasteiger charge is 2.40. The van der Waals surface area contributed by atoms with Crippen LogP contribution in [0.25, 0.3) is 0 Å². The van der Waals surface area contributed by atoms with Gasteiger partial charge in [-0.05, 0) is 45.5 Å². The summed E-state index contributed by atoms with van der Waals surface area (Å²) in [7, 11) is 0. The van der Waals surface area contributed by atoms with Crippen LogP contribution < -0.4 is 9.47 Å². The Morgan fingerprint density at radius 1 is 0.605 bits per heavy atom. The maximum Gasteiger partial charge on any atom is 0.122 e. The molecule has 1 N–H and O–H groups in total. The third-order valence-corrected chi connectivity index (χ3v) is 8.49. The highest BCUT2D eigenvalue weighted by atomic mass is 16.6. The molecule has 4 aromatic rings. The molecule has 3 fully saturated rings. The fourth-order valence-corrected chi connectivity index (χ4v) is 6.06. The van der Waals surface area contributed by atoms with Gasteiger partial charge in [0.2, 0.25) is 0 Å². The Bertz CT molecular complexity index is 1470. The Morgan fingerprint density at radius 2 is 1.09 bits per heavy atom. The maximum absolute atomic E-state index is 9.34. The molecule has 3 unspecified atom stereocenters. The van der Waals surface area contributed by atoms with Crippen molar-refractivity contribution in [2.24, 2.45) is 0 Å². The molecule has 222 valence electrons. The van der Waals surface area contributed by atoms with E-state index in [0.29, 0.717) is 19.6 Å². The van der Waals surface area contributed by atoms with E-state index in [2.05, 4.69) is 97.1 Å². The van der Waals surface area contributed by atoms with Crippen molar-refractivity contribution in [3.8, 4) is 11.5 Å². The molecule has 0 amide bonds. The summed E-state index contributed by atoms with van der Waals surface area (Å²) < 4.78 is 29.2. The Balaban J connectivity index is 1.41. The van der Waals surface area contributed by atoms with E-state index in [-0.39, 0.29) is 24.9 Å². The third kappa shape index (κ3) is 6.34. The summed E-state index contributed by atoms with van der Waals surface area (Å²) in [5.74, 6) is 1.74. The van der Waals surface area contributed by atoms with Crippen LogP contribution in [0.15, 0.2) is 97.1 Å². The minimum Gasteiger partial charge on any atom is -0.493 e. The van der Waals surface area contributed by atoms with Crippen LogP contribution in [-0.2, 0) is 32.5 Å². The smallest absolute Gasteiger partial charge is 0.122 e. The molecule has 3 saturated heterocycles. The van der Waals surface area contributed by atoms with E-state index in [9.17, 15) is 5.11 Å². The van der Waals surface area contributed by atoms with Gasteiger partial charge in [0.1, 0.15) is 24.2 Å². The summed E-state index contributed by atoms with van der Waals surface area (Å²) in [5, 5.41) is 9.34. The Hall–Kier alpha value is -3.68. The van der Waals surface area contributed by atoms with Crippen LogP contribution in [0.1, 0.15) is 39.8 Å². The fraction of sp³-hybridized carbons (Fsp3) is 0.351. The minimum atomic E-state index is -0.609. The lowest BCUT2D eigenvalue weighted by Crippen LogP contribution is -2.31. The average Bonchev–Trinajstić information content (AvgIpc) is 3.89. The number of aliphatic hydroxyl groups excluding tert-OH is 1. The van der Waals surface area contributed by atoms with Gasteiger partial charge in [-0.15, -0.1) is 0 Å². The van der Waals surface area contributed by atoms with Crippen LogP contribution in [0.2, 0.25) is 0 Å². The first kappa shape index (κ1) is 28.1. The van der Waals surface area contributed by atoms with E-state index in [0.717, 1.165) is 66.4 Å². The van der Waals surface area contributed by atoms with E-state index in [4.69, 9.17) is 23.7 Å². The molecule has 43 heavy (non-hydrogen) atoms. The van der Waals surface area contributed by atoms with E-state index >= 15 is 0 Å². The third-order valence-electron chi connectivity index (χ3n) is 8.49. The van der Waals surface area contributed by atoms with E-state index in [1.165, 1.54) is 11.1 Å². The van der Waals surface area contributed by atoms with Gasteiger partial charge < -0.3 is 28.8 Å². The molecule has 0 spiro atoms. The van der Waals surface area contributed by atoms with Gasteiger partial charge in [0.25, 0.3) is 0 Å². The van der Waals surface area contributed by atoms with Crippen LogP contribution in [0, 0.1) is 0 Å². The molecule has 0 aliphatic carbocycles. The molecule has 0 radical (unpaired) electrons. The van der Waals surface area contributed by atoms with Crippen LogP contribution >= 0.6 is 0 Å². The number of benzene rings is 4. The van der Waals surface area contributed by atoms with Gasteiger partial charge in [-0.2, -0.15) is 0 Å². The van der Waals surface area contributed by atoms with Gasteiger partial charge in [-0.25, -0.2) is 0 Å². The monoisotopic (exact) mass is 578 g/mol. The molecule has 0 bridgehead atoms. The molecule has 0 saturated carbocycles. The maximum atomic E-state index is 9.34. The number of ether oxygens (including phenoxy) is 5. The van der Waals surface area contributed by atoms with E-state index < -0.39 is 5.41 Å². The minimum absolute atomic E-state index is 0.103. The second-order valence-electron chi connectivity index (χ2n) is 11.6. The van der Waals surface area contributed by atoms with E-state index in [1.54, 1.807) is 0 Å². The summed E-state index contributed by atoms with van der Waals surface area (Å²) in [4.78, 5) is 0. The first-order valence-corrected chi connectivity index (χ1v) is 15.3. The van der Waals surface area contributed by atoms with Crippen molar-refractivity contribution < 1.29 is 28.8 Å². The molecule has 7 rings (SSSR count). The molecular weight excluding hydrogens is 540 g/mol. The second kappa shape index (κ2) is 12.5. The predicted octanol–water partition coefficient (Wildman–Crippen LogP) is 5.49. The summed E-state index contributed by atoms with van der Waals surface area (Å²) >= 11 is 0. The first-order valence-electron chi connectivity index (χ1n) is 15.3. The molecule has 0 aromatic heterocycles. The predicted molar refractivity (Wildman–Crippen MR) is 164 cm³/mol. The van der Waals surface area contributed by atoms with Gasteiger partial charge in [-0.1, -0.05) is 84.9 Å².